The van der Waals surface area contributed by atoms with E-state index in [9.17, 15) is 4.79 Å². The minimum absolute atomic E-state index is 0.0696. The maximum Gasteiger partial charge on any atom is 0.307 e. The van der Waals surface area contributed by atoms with Crippen molar-refractivity contribution in [1.29, 1.82) is 0 Å². The molecule has 0 amide bonds. The lowest BCUT2D eigenvalue weighted by molar-refractivity contribution is -0.141. The predicted molar refractivity (Wildman–Crippen MR) is 76.1 cm³/mol. The Labute approximate surface area is 123 Å². The molecule has 1 aromatic carbocycles. The molecule has 1 heterocycles. The fraction of sp³-hybridized carbons (Fsp3) is 0.533. The first-order valence-electron chi connectivity index (χ1n) is 6.88. The minimum atomic E-state index is -0.892. The van der Waals surface area contributed by atoms with Crippen LogP contribution in [0.3, 0.4) is 0 Å². The number of benzene rings is 1. The molecule has 0 bridgehead atoms. The van der Waals surface area contributed by atoms with Crippen molar-refractivity contribution in [1.82, 2.24) is 0 Å². The third-order valence-corrected chi connectivity index (χ3v) is 3.27. The molecule has 1 saturated heterocycles. The van der Waals surface area contributed by atoms with Crippen molar-refractivity contribution in [2.24, 2.45) is 5.73 Å². The quantitative estimate of drug-likeness (QED) is 0.822. The molecule has 6 heteroatoms. The molecular weight excluding hydrogens is 274 g/mol. The van der Waals surface area contributed by atoms with E-state index in [2.05, 4.69) is 0 Å². The van der Waals surface area contributed by atoms with Gasteiger partial charge in [-0.2, -0.15) is 0 Å². The second-order valence-corrected chi connectivity index (χ2v) is 5.43. The van der Waals surface area contributed by atoms with Gasteiger partial charge in [0, 0.05) is 12.1 Å². The topological polar surface area (TPSA) is 91.0 Å². The summed E-state index contributed by atoms with van der Waals surface area (Å²) in [6.45, 7) is 4.75. The molecule has 1 fully saturated rings. The number of carboxylic acids is 1. The summed E-state index contributed by atoms with van der Waals surface area (Å²) < 4.78 is 16.9. The van der Waals surface area contributed by atoms with E-state index >= 15 is 0 Å². The van der Waals surface area contributed by atoms with E-state index in [4.69, 9.17) is 25.1 Å². The summed E-state index contributed by atoms with van der Waals surface area (Å²) in [6.07, 6.45) is -0.214. The smallest absolute Gasteiger partial charge is 0.307 e. The van der Waals surface area contributed by atoms with Crippen molar-refractivity contribution in [2.45, 2.75) is 38.7 Å². The van der Waals surface area contributed by atoms with Crippen LogP contribution in [0.1, 0.15) is 25.0 Å². The van der Waals surface area contributed by atoms with Gasteiger partial charge in [0.25, 0.3) is 0 Å². The first kappa shape index (κ1) is 15.8. The number of ether oxygens (including phenoxy) is 3. The monoisotopic (exact) mass is 295 g/mol. The van der Waals surface area contributed by atoms with Gasteiger partial charge in [0.1, 0.15) is 18.5 Å². The standard InChI is InChI=1S/C15H21NO5/c1-15(2)20-9-11(21-15)8-19-13-5-3-4-10(6-14(17)18)12(13)7-16/h3-5,11H,6-9,16H2,1-2H3,(H,17,18)/t11-/m1/s1. The summed E-state index contributed by atoms with van der Waals surface area (Å²) in [6, 6.07) is 5.30. The van der Waals surface area contributed by atoms with Crippen LogP contribution < -0.4 is 10.5 Å². The number of nitrogens with two attached hydrogens (primary N) is 1. The zero-order valence-electron chi connectivity index (χ0n) is 12.3. The summed E-state index contributed by atoms with van der Waals surface area (Å²) in [5, 5.41) is 8.92. The van der Waals surface area contributed by atoms with E-state index in [1.54, 1.807) is 18.2 Å². The number of hydrogen-bond acceptors (Lipinski definition) is 5. The largest absolute Gasteiger partial charge is 0.490 e. The Hall–Kier alpha value is -1.63. The third-order valence-electron chi connectivity index (χ3n) is 3.27. The molecule has 1 aliphatic rings. The molecule has 0 aliphatic carbocycles. The molecule has 3 N–H and O–H groups in total. The lowest BCUT2D eigenvalue weighted by Gasteiger charge is -2.18. The lowest BCUT2D eigenvalue weighted by atomic mass is 10.0. The molecule has 0 radical (unpaired) electrons. The van der Waals surface area contributed by atoms with Crippen LogP contribution in [0.25, 0.3) is 0 Å². The van der Waals surface area contributed by atoms with Crippen molar-refractivity contribution < 1.29 is 24.1 Å². The van der Waals surface area contributed by atoms with Crippen molar-refractivity contribution in [3.8, 4) is 5.75 Å². The fourth-order valence-corrected chi connectivity index (χ4v) is 2.33. The normalized spacial score (nSPS) is 20.4. The average Bonchev–Trinajstić information content (AvgIpc) is 2.75. The lowest BCUT2D eigenvalue weighted by Crippen LogP contribution is -2.25. The summed E-state index contributed by atoms with van der Waals surface area (Å²) in [5.74, 6) is -0.878. The zero-order valence-corrected chi connectivity index (χ0v) is 12.3. The maximum absolute atomic E-state index is 10.9. The number of carbonyl (C=O) groups is 1. The van der Waals surface area contributed by atoms with Crippen LogP contribution in [0.2, 0.25) is 0 Å². The van der Waals surface area contributed by atoms with Crippen LogP contribution >= 0.6 is 0 Å². The van der Waals surface area contributed by atoms with Crippen LogP contribution in [-0.4, -0.2) is 36.2 Å². The first-order valence-corrected chi connectivity index (χ1v) is 6.88. The highest BCUT2D eigenvalue weighted by molar-refractivity contribution is 5.71. The minimum Gasteiger partial charge on any atom is -0.490 e. The Kier molecular flexibility index (Phi) is 4.82. The van der Waals surface area contributed by atoms with Gasteiger partial charge in [-0.1, -0.05) is 12.1 Å². The van der Waals surface area contributed by atoms with E-state index in [-0.39, 0.29) is 19.1 Å². The van der Waals surface area contributed by atoms with Crippen molar-refractivity contribution in [3.05, 3.63) is 29.3 Å². The molecule has 0 unspecified atom stereocenters. The molecule has 1 aromatic rings. The van der Waals surface area contributed by atoms with Gasteiger partial charge >= 0.3 is 5.97 Å². The van der Waals surface area contributed by atoms with E-state index < -0.39 is 11.8 Å². The maximum atomic E-state index is 10.9. The van der Waals surface area contributed by atoms with Crippen LogP contribution in [0.5, 0.6) is 5.75 Å². The summed E-state index contributed by atoms with van der Waals surface area (Å²) >= 11 is 0. The van der Waals surface area contributed by atoms with E-state index in [0.29, 0.717) is 24.5 Å². The van der Waals surface area contributed by atoms with Crippen molar-refractivity contribution in [3.63, 3.8) is 0 Å². The van der Waals surface area contributed by atoms with Gasteiger partial charge in [0.2, 0.25) is 0 Å². The molecule has 6 nitrogen and oxygen atoms in total. The van der Waals surface area contributed by atoms with Crippen LogP contribution in [-0.2, 0) is 27.2 Å². The van der Waals surface area contributed by atoms with Gasteiger partial charge in [-0.3, -0.25) is 4.79 Å². The molecule has 21 heavy (non-hydrogen) atoms. The summed E-state index contributed by atoms with van der Waals surface area (Å²) in [5.41, 5.74) is 7.12. The number of rotatable bonds is 6. The van der Waals surface area contributed by atoms with Gasteiger partial charge in [0.15, 0.2) is 5.79 Å². The van der Waals surface area contributed by atoms with Crippen molar-refractivity contribution in [2.75, 3.05) is 13.2 Å². The van der Waals surface area contributed by atoms with Gasteiger partial charge < -0.3 is 25.1 Å². The second kappa shape index (κ2) is 6.43. The van der Waals surface area contributed by atoms with Crippen LogP contribution in [0.4, 0.5) is 0 Å². The summed E-state index contributed by atoms with van der Waals surface area (Å²) in [4.78, 5) is 10.9. The Morgan fingerprint density at radius 2 is 2.29 bits per heavy atom. The van der Waals surface area contributed by atoms with Crippen molar-refractivity contribution >= 4 is 5.97 Å². The van der Waals surface area contributed by atoms with Gasteiger partial charge in [0.05, 0.1) is 13.0 Å². The van der Waals surface area contributed by atoms with E-state index in [1.807, 2.05) is 13.8 Å². The number of hydrogen-bond donors (Lipinski definition) is 2. The Balaban J connectivity index is 2.04. The van der Waals surface area contributed by atoms with E-state index in [1.165, 1.54) is 0 Å². The fourth-order valence-electron chi connectivity index (χ4n) is 2.33. The van der Waals surface area contributed by atoms with Crippen LogP contribution in [0.15, 0.2) is 18.2 Å². The van der Waals surface area contributed by atoms with E-state index in [0.717, 1.165) is 5.56 Å². The molecule has 2 rings (SSSR count). The highest BCUT2D eigenvalue weighted by Crippen LogP contribution is 2.26. The van der Waals surface area contributed by atoms with Gasteiger partial charge in [-0.25, -0.2) is 0 Å². The molecule has 1 aliphatic heterocycles. The Morgan fingerprint density at radius 3 is 2.86 bits per heavy atom. The highest BCUT2D eigenvalue weighted by atomic mass is 16.7. The second-order valence-electron chi connectivity index (χ2n) is 5.43. The SMILES string of the molecule is CC1(C)OC[C@@H](COc2cccc(CC(=O)O)c2CN)O1. The number of aliphatic carboxylic acids is 1. The summed E-state index contributed by atoms with van der Waals surface area (Å²) in [7, 11) is 0. The number of carboxylic acid groups (broad SMARTS) is 1. The molecule has 1 atom stereocenters. The first-order chi connectivity index (χ1) is 9.91. The molecule has 0 spiro atoms. The average molecular weight is 295 g/mol. The molecule has 0 saturated carbocycles. The van der Waals surface area contributed by atoms with Gasteiger partial charge in [-0.15, -0.1) is 0 Å². The van der Waals surface area contributed by atoms with Crippen LogP contribution in [0, 0.1) is 0 Å². The molecular formula is C15H21NO5. The van der Waals surface area contributed by atoms with Gasteiger partial charge in [-0.05, 0) is 25.5 Å². The highest BCUT2D eigenvalue weighted by Gasteiger charge is 2.33. The predicted octanol–water partition coefficient (Wildman–Crippen LogP) is 1.30. The zero-order chi connectivity index (χ0) is 15.5. The molecule has 116 valence electrons. The Bertz CT molecular complexity index is 515. The molecule has 0 aromatic heterocycles. The Morgan fingerprint density at radius 1 is 1.52 bits per heavy atom. The third kappa shape index (κ3) is 4.17.